The smallest absolute Gasteiger partial charge is 0.325 e. The Bertz CT molecular complexity index is 1000. The summed E-state index contributed by atoms with van der Waals surface area (Å²) in [4.78, 5) is 37.7. The van der Waals surface area contributed by atoms with Crippen LogP contribution in [0, 0.1) is 0 Å². The van der Waals surface area contributed by atoms with E-state index in [0.717, 1.165) is 29.0 Å². The lowest BCUT2D eigenvalue weighted by atomic mass is 10.1. The first kappa shape index (κ1) is 21.6. The molecule has 0 saturated carbocycles. The van der Waals surface area contributed by atoms with Gasteiger partial charge in [0, 0.05) is 5.69 Å². The van der Waals surface area contributed by atoms with E-state index in [9.17, 15) is 27.6 Å². The Balaban J connectivity index is 1.66. The summed E-state index contributed by atoms with van der Waals surface area (Å²) in [5.41, 5.74) is 1.18. The Labute approximate surface area is 174 Å². The fourth-order valence-corrected chi connectivity index (χ4v) is 3.56. The zero-order valence-electron chi connectivity index (χ0n) is 15.8. The molecule has 0 spiro atoms. The Morgan fingerprint density at radius 3 is 2.27 bits per heavy atom. The number of hydrogen-bond donors (Lipinski definition) is 1. The number of benzene rings is 2. The second-order valence-electron chi connectivity index (χ2n) is 6.49. The summed E-state index contributed by atoms with van der Waals surface area (Å²) < 4.78 is 37.9. The number of anilines is 1. The molecule has 1 fully saturated rings. The quantitative estimate of drug-likeness (QED) is 0.677. The zero-order chi connectivity index (χ0) is 21.9. The van der Waals surface area contributed by atoms with Crippen molar-refractivity contribution >= 4 is 40.6 Å². The molecule has 5 nitrogen and oxygen atoms in total. The van der Waals surface area contributed by atoms with Crippen molar-refractivity contribution in [3.63, 3.8) is 0 Å². The van der Waals surface area contributed by atoms with E-state index < -0.39 is 35.3 Å². The number of amides is 3. The Morgan fingerprint density at radius 1 is 1.07 bits per heavy atom. The molecule has 9 heteroatoms. The molecular formula is C21H17F3N2O3S. The van der Waals surface area contributed by atoms with Crippen molar-refractivity contribution in [1.82, 2.24) is 4.90 Å². The fraction of sp³-hybridized carbons (Fsp3) is 0.190. The molecule has 0 atom stereocenters. The molecule has 1 saturated heterocycles. The summed E-state index contributed by atoms with van der Waals surface area (Å²) in [7, 11) is 0. The van der Waals surface area contributed by atoms with Crippen molar-refractivity contribution in [1.29, 1.82) is 0 Å². The van der Waals surface area contributed by atoms with Gasteiger partial charge < -0.3 is 5.32 Å². The van der Waals surface area contributed by atoms with E-state index in [2.05, 4.69) is 5.32 Å². The molecular weight excluding hydrogens is 417 g/mol. The van der Waals surface area contributed by atoms with Gasteiger partial charge in [-0.05, 0) is 59.7 Å². The van der Waals surface area contributed by atoms with Gasteiger partial charge in [-0.25, -0.2) is 0 Å². The van der Waals surface area contributed by atoms with Gasteiger partial charge in [0.25, 0.3) is 11.1 Å². The number of nitrogens with one attached hydrogen (secondary N) is 1. The maximum Gasteiger partial charge on any atom is 0.416 e. The fourth-order valence-electron chi connectivity index (χ4n) is 2.72. The zero-order valence-corrected chi connectivity index (χ0v) is 16.6. The number of carbonyl (C=O) groups is 3. The molecule has 156 valence electrons. The normalized spacial score (nSPS) is 15.7. The Hall–Kier alpha value is -3.07. The minimum atomic E-state index is -4.46. The predicted molar refractivity (Wildman–Crippen MR) is 109 cm³/mol. The lowest BCUT2D eigenvalue weighted by molar-refractivity contribution is -0.137. The van der Waals surface area contributed by atoms with Gasteiger partial charge in [0.2, 0.25) is 5.91 Å². The third-order valence-electron chi connectivity index (χ3n) is 4.36. The summed E-state index contributed by atoms with van der Waals surface area (Å²) in [5.74, 6) is -1.20. The molecule has 0 radical (unpaired) electrons. The second-order valence-corrected chi connectivity index (χ2v) is 7.48. The molecule has 0 unspecified atom stereocenters. The van der Waals surface area contributed by atoms with Crippen LogP contribution in [-0.4, -0.2) is 28.5 Å². The lowest BCUT2D eigenvalue weighted by Crippen LogP contribution is -2.36. The molecule has 30 heavy (non-hydrogen) atoms. The van der Waals surface area contributed by atoms with Crippen molar-refractivity contribution < 1.29 is 27.6 Å². The minimum Gasteiger partial charge on any atom is -0.325 e. The highest BCUT2D eigenvalue weighted by Crippen LogP contribution is 2.33. The summed E-state index contributed by atoms with van der Waals surface area (Å²) in [5, 5.41) is 2.01. The Morgan fingerprint density at radius 2 is 1.70 bits per heavy atom. The Kier molecular flexibility index (Phi) is 6.31. The van der Waals surface area contributed by atoms with Crippen LogP contribution in [0.5, 0.6) is 0 Å². The molecule has 1 heterocycles. The third kappa shape index (κ3) is 5.10. The third-order valence-corrected chi connectivity index (χ3v) is 5.26. The van der Waals surface area contributed by atoms with Crippen molar-refractivity contribution in [3.8, 4) is 0 Å². The highest BCUT2D eigenvalue weighted by atomic mass is 32.2. The van der Waals surface area contributed by atoms with Gasteiger partial charge in [0.15, 0.2) is 0 Å². The van der Waals surface area contributed by atoms with E-state index in [4.69, 9.17) is 0 Å². The van der Waals surface area contributed by atoms with Crippen LogP contribution in [0.1, 0.15) is 23.6 Å². The highest BCUT2D eigenvalue weighted by molar-refractivity contribution is 8.18. The van der Waals surface area contributed by atoms with Gasteiger partial charge in [-0.15, -0.1) is 0 Å². The van der Waals surface area contributed by atoms with E-state index in [1.807, 2.05) is 19.1 Å². The first-order valence-electron chi connectivity index (χ1n) is 8.99. The van der Waals surface area contributed by atoms with Crippen LogP contribution in [0.15, 0.2) is 53.4 Å². The van der Waals surface area contributed by atoms with E-state index in [0.29, 0.717) is 23.0 Å². The van der Waals surface area contributed by atoms with Gasteiger partial charge in [-0.2, -0.15) is 13.2 Å². The lowest BCUT2D eigenvalue weighted by Gasteiger charge is -2.12. The number of nitrogens with zero attached hydrogens (tertiary/aromatic N) is 1. The van der Waals surface area contributed by atoms with Crippen LogP contribution in [-0.2, 0) is 22.2 Å². The summed E-state index contributed by atoms with van der Waals surface area (Å²) in [6.07, 6.45) is -2.27. The summed E-state index contributed by atoms with van der Waals surface area (Å²) in [6.45, 7) is 1.55. The van der Waals surface area contributed by atoms with Crippen molar-refractivity contribution in [3.05, 3.63) is 70.1 Å². The van der Waals surface area contributed by atoms with E-state index in [1.54, 1.807) is 12.1 Å². The number of halogens is 3. The molecule has 2 aromatic carbocycles. The number of carbonyl (C=O) groups excluding carboxylic acids is 3. The standard InChI is InChI=1S/C21H17F3N2O3S/c1-2-13-5-9-16(10-6-13)25-18(27)12-26-19(28)17(30-20(26)29)11-14-3-7-15(8-4-14)21(22,23)24/h3-11H,2,12H2,1H3,(H,25,27)/b17-11-. The van der Waals surface area contributed by atoms with Crippen LogP contribution in [0.25, 0.3) is 6.08 Å². The molecule has 0 bridgehead atoms. The van der Waals surface area contributed by atoms with Gasteiger partial charge in [0.05, 0.1) is 10.5 Å². The topological polar surface area (TPSA) is 66.5 Å². The van der Waals surface area contributed by atoms with E-state index in [1.165, 1.54) is 18.2 Å². The predicted octanol–water partition coefficient (Wildman–Crippen LogP) is 4.94. The molecule has 0 aliphatic carbocycles. The molecule has 0 aromatic heterocycles. The molecule has 1 N–H and O–H groups in total. The van der Waals surface area contributed by atoms with Crippen LogP contribution in [0.3, 0.4) is 0 Å². The van der Waals surface area contributed by atoms with Crippen LogP contribution in [0.2, 0.25) is 0 Å². The van der Waals surface area contributed by atoms with E-state index >= 15 is 0 Å². The van der Waals surface area contributed by atoms with Crippen LogP contribution in [0.4, 0.5) is 23.7 Å². The number of imide groups is 1. The molecule has 2 aromatic rings. The monoisotopic (exact) mass is 434 g/mol. The number of aryl methyl sites for hydroxylation is 1. The van der Waals surface area contributed by atoms with Crippen molar-refractivity contribution in [2.24, 2.45) is 0 Å². The van der Waals surface area contributed by atoms with Gasteiger partial charge >= 0.3 is 6.18 Å². The maximum absolute atomic E-state index is 12.6. The van der Waals surface area contributed by atoms with E-state index in [-0.39, 0.29) is 4.91 Å². The second kappa shape index (κ2) is 8.74. The first-order chi connectivity index (χ1) is 14.2. The van der Waals surface area contributed by atoms with Gasteiger partial charge in [-0.3, -0.25) is 19.3 Å². The van der Waals surface area contributed by atoms with Gasteiger partial charge in [-0.1, -0.05) is 31.2 Å². The molecule has 1 aliphatic heterocycles. The molecule has 3 amide bonds. The van der Waals surface area contributed by atoms with Crippen molar-refractivity contribution in [2.45, 2.75) is 19.5 Å². The first-order valence-corrected chi connectivity index (χ1v) is 9.80. The SMILES string of the molecule is CCc1ccc(NC(=O)CN2C(=O)S/C(=C\c3ccc(C(F)(F)F)cc3)C2=O)cc1. The van der Waals surface area contributed by atoms with Crippen LogP contribution >= 0.6 is 11.8 Å². The highest BCUT2D eigenvalue weighted by Gasteiger charge is 2.36. The van der Waals surface area contributed by atoms with Gasteiger partial charge in [0.1, 0.15) is 6.54 Å². The maximum atomic E-state index is 12.6. The average molecular weight is 434 g/mol. The summed E-state index contributed by atoms with van der Waals surface area (Å²) >= 11 is 0.636. The number of thioether (sulfide) groups is 1. The van der Waals surface area contributed by atoms with Crippen LogP contribution < -0.4 is 5.32 Å². The molecule has 1 aliphatic rings. The number of hydrogen-bond acceptors (Lipinski definition) is 4. The average Bonchev–Trinajstić information content (AvgIpc) is 2.95. The number of alkyl halides is 3. The number of rotatable bonds is 5. The molecule has 3 rings (SSSR count). The van der Waals surface area contributed by atoms with Crippen molar-refractivity contribution in [2.75, 3.05) is 11.9 Å². The largest absolute Gasteiger partial charge is 0.416 e. The summed E-state index contributed by atoms with van der Waals surface area (Å²) in [6, 6.07) is 11.4. The minimum absolute atomic E-state index is 0.0415.